The molecule has 1 unspecified atom stereocenters. The van der Waals surface area contributed by atoms with Crippen LogP contribution in [0, 0.1) is 0 Å². The highest BCUT2D eigenvalue weighted by molar-refractivity contribution is 9.10. The summed E-state index contributed by atoms with van der Waals surface area (Å²) in [5.74, 6) is 0. The summed E-state index contributed by atoms with van der Waals surface area (Å²) in [7, 11) is 0. The average Bonchev–Trinajstić information content (AvgIpc) is 2.53. The van der Waals surface area contributed by atoms with E-state index in [-0.39, 0.29) is 18.2 Å². The van der Waals surface area contributed by atoms with E-state index in [4.69, 9.17) is 21.1 Å². The van der Waals surface area contributed by atoms with Crippen LogP contribution in [0.25, 0.3) is 0 Å². The SMILES string of the molecule is C[C@@H](CNC(=O)OC(C)(C)C)N(CC(O)c1cc(Cl)nc(Br)c1)C(=O)OC(C)(C)C. The number of carbonyl (C=O) groups excluding carboxylic acids is 2. The lowest BCUT2D eigenvalue weighted by molar-refractivity contribution is 0.00444. The van der Waals surface area contributed by atoms with Crippen LogP contribution < -0.4 is 5.32 Å². The molecule has 0 fully saturated rings. The van der Waals surface area contributed by atoms with Crippen molar-refractivity contribution in [2.24, 2.45) is 0 Å². The Hall–Kier alpha value is -1.58. The predicted octanol–water partition coefficient (Wildman–Crippen LogP) is 4.68. The van der Waals surface area contributed by atoms with Gasteiger partial charge in [0.15, 0.2) is 0 Å². The second-order valence-corrected chi connectivity index (χ2v) is 10.1. The lowest BCUT2D eigenvalue weighted by Crippen LogP contribution is -2.49. The third-order valence-corrected chi connectivity index (χ3v) is 4.24. The Morgan fingerprint density at radius 2 is 1.77 bits per heavy atom. The van der Waals surface area contributed by atoms with Crippen molar-refractivity contribution in [1.29, 1.82) is 0 Å². The van der Waals surface area contributed by atoms with Gasteiger partial charge in [0.1, 0.15) is 21.0 Å². The van der Waals surface area contributed by atoms with E-state index in [1.54, 1.807) is 54.5 Å². The van der Waals surface area contributed by atoms with Crippen molar-refractivity contribution >= 4 is 39.7 Å². The highest BCUT2D eigenvalue weighted by atomic mass is 79.9. The Bertz CT molecular complexity index is 729. The number of nitrogens with zero attached hydrogens (tertiary/aromatic N) is 2. The molecule has 170 valence electrons. The van der Waals surface area contributed by atoms with E-state index in [1.165, 1.54) is 11.0 Å². The van der Waals surface area contributed by atoms with Crippen molar-refractivity contribution in [2.45, 2.75) is 71.8 Å². The summed E-state index contributed by atoms with van der Waals surface area (Å²) in [4.78, 5) is 30.1. The minimum Gasteiger partial charge on any atom is -0.444 e. The van der Waals surface area contributed by atoms with E-state index in [0.717, 1.165) is 0 Å². The number of hydrogen-bond acceptors (Lipinski definition) is 6. The van der Waals surface area contributed by atoms with Gasteiger partial charge in [0, 0.05) is 12.6 Å². The van der Waals surface area contributed by atoms with Gasteiger partial charge in [-0.15, -0.1) is 0 Å². The smallest absolute Gasteiger partial charge is 0.410 e. The van der Waals surface area contributed by atoms with Crippen LogP contribution in [0.2, 0.25) is 5.15 Å². The number of ether oxygens (including phenoxy) is 2. The molecule has 1 aromatic rings. The fraction of sp³-hybridized carbons (Fsp3) is 0.650. The molecule has 0 aliphatic rings. The van der Waals surface area contributed by atoms with Gasteiger partial charge in [0.25, 0.3) is 0 Å². The summed E-state index contributed by atoms with van der Waals surface area (Å²) >= 11 is 9.20. The number of amides is 2. The van der Waals surface area contributed by atoms with E-state index in [2.05, 4.69) is 26.2 Å². The van der Waals surface area contributed by atoms with Crippen LogP contribution in [0.4, 0.5) is 9.59 Å². The fourth-order valence-electron chi connectivity index (χ4n) is 2.38. The van der Waals surface area contributed by atoms with Crippen molar-refractivity contribution in [1.82, 2.24) is 15.2 Å². The molecule has 0 spiro atoms. The first kappa shape index (κ1) is 26.5. The van der Waals surface area contributed by atoms with Crippen molar-refractivity contribution in [3.05, 3.63) is 27.5 Å². The van der Waals surface area contributed by atoms with Crippen LogP contribution in [0.3, 0.4) is 0 Å². The van der Waals surface area contributed by atoms with Crippen molar-refractivity contribution in [2.75, 3.05) is 13.1 Å². The number of aliphatic hydroxyl groups is 1. The average molecular weight is 509 g/mol. The van der Waals surface area contributed by atoms with Gasteiger partial charge in [-0.25, -0.2) is 14.6 Å². The Morgan fingerprint density at radius 3 is 2.27 bits per heavy atom. The lowest BCUT2D eigenvalue weighted by Gasteiger charge is -2.33. The maximum absolute atomic E-state index is 12.8. The number of alkyl carbamates (subject to hydrolysis) is 1. The molecule has 0 aromatic carbocycles. The zero-order chi connectivity index (χ0) is 23.3. The lowest BCUT2D eigenvalue weighted by atomic mass is 10.1. The van der Waals surface area contributed by atoms with Gasteiger partial charge in [0.05, 0.1) is 12.6 Å². The molecule has 0 aliphatic heterocycles. The summed E-state index contributed by atoms with van der Waals surface area (Å²) in [5, 5.41) is 13.5. The minimum absolute atomic E-state index is 0.0706. The first-order valence-electron chi connectivity index (χ1n) is 9.55. The van der Waals surface area contributed by atoms with E-state index in [1.807, 2.05) is 0 Å². The van der Waals surface area contributed by atoms with Gasteiger partial charge in [-0.05, 0) is 82.1 Å². The molecule has 1 aromatic heterocycles. The normalized spacial score (nSPS) is 13.9. The van der Waals surface area contributed by atoms with Gasteiger partial charge in [0.2, 0.25) is 0 Å². The van der Waals surface area contributed by atoms with Crippen LogP contribution in [0.15, 0.2) is 16.7 Å². The van der Waals surface area contributed by atoms with Gasteiger partial charge in [-0.1, -0.05) is 11.6 Å². The van der Waals surface area contributed by atoms with Gasteiger partial charge in [-0.2, -0.15) is 0 Å². The number of aromatic nitrogens is 1. The Kier molecular flexibility index (Phi) is 9.38. The van der Waals surface area contributed by atoms with Crippen LogP contribution >= 0.6 is 27.5 Å². The van der Waals surface area contributed by atoms with Crippen molar-refractivity contribution < 1.29 is 24.2 Å². The topological polar surface area (TPSA) is 101 Å². The summed E-state index contributed by atoms with van der Waals surface area (Å²) < 4.78 is 11.2. The third kappa shape index (κ3) is 9.95. The first-order chi connectivity index (χ1) is 13.6. The van der Waals surface area contributed by atoms with Crippen LogP contribution in [-0.2, 0) is 9.47 Å². The quantitative estimate of drug-likeness (QED) is 0.541. The molecule has 2 atom stereocenters. The maximum Gasteiger partial charge on any atom is 0.410 e. The summed E-state index contributed by atoms with van der Waals surface area (Å²) in [6.07, 6.45) is -2.25. The number of carbonyl (C=O) groups is 2. The van der Waals surface area contributed by atoms with Crippen LogP contribution in [-0.4, -0.2) is 57.5 Å². The number of pyridine rings is 1. The summed E-state index contributed by atoms with van der Waals surface area (Å²) in [5.41, 5.74) is -0.869. The molecule has 2 amide bonds. The molecular formula is C20H31BrClN3O5. The second kappa shape index (κ2) is 10.6. The number of halogens is 2. The molecule has 1 heterocycles. The number of nitrogens with one attached hydrogen (secondary N) is 1. The molecule has 0 radical (unpaired) electrons. The highest BCUT2D eigenvalue weighted by Crippen LogP contribution is 2.23. The van der Waals surface area contributed by atoms with E-state index >= 15 is 0 Å². The monoisotopic (exact) mass is 507 g/mol. The van der Waals surface area contributed by atoms with E-state index in [0.29, 0.717) is 10.2 Å². The molecule has 8 nitrogen and oxygen atoms in total. The standard InChI is InChI=1S/C20H31BrClN3O5/c1-12(10-23-17(27)29-19(2,3)4)25(18(28)30-20(5,6)7)11-14(26)13-8-15(21)24-16(22)9-13/h8-9,12,14,26H,10-11H2,1-7H3,(H,23,27)/t12-,14?/m0/s1. The largest absolute Gasteiger partial charge is 0.444 e. The Morgan fingerprint density at radius 1 is 1.20 bits per heavy atom. The number of rotatable bonds is 6. The molecule has 0 saturated heterocycles. The number of aliphatic hydroxyl groups excluding tert-OH is 1. The van der Waals surface area contributed by atoms with Gasteiger partial charge >= 0.3 is 12.2 Å². The molecule has 0 aliphatic carbocycles. The highest BCUT2D eigenvalue weighted by Gasteiger charge is 2.29. The number of hydrogen-bond donors (Lipinski definition) is 2. The third-order valence-electron chi connectivity index (χ3n) is 3.64. The zero-order valence-corrected chi connectivity index (χ0v) is 20.8. The molecule has 1 rings (SSSR count). The van der Waals surface area contributed by atoms with E-state index in [9.17, 15) is 14.7 Å². The molecule has 0 saturated carbocycles. The predicted molar refractivity (Wildman–Crippen MR) is 119 cm³/mol. The summed E-state index contributed by atoms with van der Waals surface area (Å²) in [6.45, 7) is 12.3. The van der Waals surface area contributed by atoms with Gasteiger partial charge in [-0.3, -0.25) is 0 Å². The van der Waals surface area contributed by atoms with Crippen LogP contribution in [0.5, 0.6) is 0 Å². The Balaban J connectivity index is 2.95. The zero-order valence-electron chi connectivity index (χ0n) is 18.5. The van der Waals surface area contributed by atoms with Crippen molar-refractivity contribution in [3.63, 3.8) is 0 Å². The van der Waals surface area contributed by atoms with Gasteiger partial charge < -0.3 is 24.8 Å². The second-order valence-electron chi connectivity index (χ2n) is 8.93. The molecule has 30 heavy (non-hydrogen) atoms. The minimum atomic E-state index is -1.04. The van der Waals surface area contributed by atoms with Crippen LogP contribution in [0.1, 0.15) is 60.1 Å². The van der Waals surface area contributed by atoms with E-state index < -0.39 is 35.5 Å². The summed E-state index contributed by atoms with van der Waals surface area (Å²) in [6, 6.07) is 2.66. The Labute approximate surface area is 191 Å². The maximum atomic E-state index is 12.8. The first-order valence-corrected chi connectivity index (χ1v) is 10.7. The fourth-order valence-corrected chi connectivity index (χ4v) is 3.15. The molecule has 2 N–H and O–H groups in total. The molecule has 10 heteroatoms. The molecule has 0 bridgehead atoms. The van der Waals surface area contributed by atoms with Crippen molar-refractivity contribution in [3.8, 4) is 0 Å². The molecular weight excluding hydrogens is 478 g/mol.